The van der Waals surface area contributed by atoms with E-state index < -0.39 is 32.0 Å². The number of nitrogens with zero attached hydrogens (tertiary/aromatic N) is 4. The highest BCUT2D eigenvalue weighted by Gasteiger charge is 2.38. The van der Waals surface area contributed by atoms with Crippen LogP contribution in [0.1, 0.15) is 36.8 Å². The maximum atomic E-state index is 13.1. The van der Waals surface area contributed by atoms with Gasteiger partial charge in [0, 0.05) is 53.9 Å². The van der Waals surface area contributed by atoms with E-state index in [0.717, 1.165) is 39.1 Å². The first kappa shape index (κ1) is 37.9. The second-order valence-corrected chi connectivity index (χ2v) is 18.1. The van der Waals surface area contributed by atoms with E-state index >= 15 is 0 Å². The molecule has 12 nitrogen and oxygen atoms in total. The van der Waals surface area contributed by atoms with Crippen LogP contribution in [0.4, 0.5) is 25.4 Å². The van der Waals surface area contributed by atoms with E-state index in [1.54, 1.807) is 34.1 Å². The summed E-state index contributed by atoms with van der Waals surface area (Å²) >= 11 is 3.32. The number of piperidine rings is 2. The van der Waals surface area contributed by atoms with E-state index in [2.05, 4.69) is 15.9 Å². The van der Waals surface area contributed by atoms with Gasteiger partial charge in [-0.2, -0.15) is 8.61 Å². The molecule has 16 heteroatoms. The molecular weight excluding hydrogens is 803 g/mol. The molecule has 284 valence electrons. The van der Waals surface area contributed by atoms with Gasteiger partial charge in [-0.1, -0.05) is 52.3 Å². The maximum absolute atomic E-state index is 13.1. The highest BCUT2D eigenvalue weighted by Crippen LogP contribution is 2.34. The number of amides is 2. The Kier molecular flexibility index (Phi) is 11.1. The summed E-state index contributed by atoms with van der Waals surface area (Å²) in [5, 5.41) is 0. The molecule has 4 aromatic rings. The zero-order valence-corrected chi connectivity index (χ0v) is 32.3. The molecule has 4 aliphatic rings. The number of hydrogen-bond acceptors (Lipinski definition) is 8. The number of sulfonamides is 2. The number of hydrogen-bond donors (Lipinski definition) is 0. The Morgan fingerprint density at radius 3 is 1.33 bits per heavy atom. The van der Waals surface area contributed by atoms with Gasteiger partial charge in [-0.05, 0) is 86.3 Å². The molecule has 8 rings (SSSR count). The van der Waals surface area contributed by atoms with Crippen LogP contribution in [0.5, 0.6) is 0 Å². The van der Waals surface area contributed by atoms with Crippen molar-refractivity contribution in [2.45, 2.75) is 60.8 Å². The van der Waals surface area contributed by atoms with Crippen molar-refractivity contribution >= 4 is 59.5 Å². The Balaban J connectivity index is 0.000000167. The number of ether oxygens (including phenoxy) is 2. The quantitative estimate of drug-likeness (QED) is 0.205. The van der Waals surface area contributed by atoms with Crippen LogP contribution in [0.15, 0.2) is 111 Å². The molecule has 0 atom stereocenters. The van der Waals surface area contributed by atoms with E-state index in [0.29, 0.717) is 38.8 Å². The van der Waals surface area contributed by atoms with Gasteiger partial charge in [0.25, 0.3) is 0 Å². The van der Waals surface area contributed by atoms with Crippen LogP contribution in [0.2, 0.25) is 0 Å². The molecule has 0 saturated carbocycles. The Morgan fingerprint density at radius 1 is 0.556 bits per heavy atom. The summed E-state index contributed by atoms with van der Waals surface area (Å²) in [7, 11) is -7.20. The summed E-state index contributed by atoms with van der Waals surface area (Å²) in [5.74, 6) is -0.477. The zero-order valence-electron chi connectivity index (χ0n) is 29.1. The SMILES string of the molecule is O=C1OCc2ccccc2N1C1CCN(S(=O)(=O)c2ccc(Br)cc2)CC1.O=C1OCc2ccccc2N1C1CCN(S(=O)(=O)c2ccc(F)cc2)CC1. The van der Waals surface area contributed by atoms with Crippen molar-refractivity contribution in [1.29, 1.82) is 0 Å². The molecule has 2 fully saturated rings. The van der Waals surface area contributed by atoms with Crippen LogP contribution in [-0.2, 0) is 42.7 Å². The van der Waals surface area contributed by atoms with Gasteiger partial charge in [-0.25, -0.2) is 30.8 Å². The topological polar surface area (TPSA) is 134 Å². The lowest BCUT2D eigenvalue weighted by Gasteiger charge is -2.39. The fourth-order valence-electron chi connectivity index (χ4n) is 7.23. The minimum Gasteiger partial charge on any atom is -0.444 e. The van der Waals surface area contributed by atoms with Crippen LogP contribution >= 0.6 is 15.9 Å². The van der Waals surface area contributed by atoms with Gasteiger partial charge in [0.1, 0.15) is 19.0 Å². The average molecular weight is 842 g/mol. The predicted molar refractivity (Wildman–Crippen MR) is 202 cm³/mol. The first-order valence-electron chi connectivity index (χ1n) is 17.5. The van der Waals surface area contributed by atoms with Gasteiger partial charge in [-0.15, -0.1) is 0 Å². The minimum atomic E-state index is -3.68. The highest BCUT2D eigenvalue weighted by molar-refractivity contribution is 9.10. The molecule has 4 aromatic carbocycles. The van der Waals surface area contributed by atoms with E-state index in [9.17, 15) is 30.8 Å². The largest absolute Gasteiger partial charge is 0.444 e. The number of halogens is 2. The van der Waals surface area contributed by atoms with Crippen molar-refractivity contribution in [1.82, 2.24) is 8.61 Å². The zero-order chi connectivity index (χ0) is 38.0. The Hall–Kier alpha value is -4.35. The summed E-state index contributed by atoms with van der Waals surface area (Å²) in [5.41, 5.74) is 3.61. The Bertz CT molecular complexity index is 2070. The minimum absolute atomic E-state index is 0.0738. The first-order chi connectivity index (χ1) is 25.9. The molecular formula is C38H38BrFN4O8S2. The van der Waals surface area contributed by atoms with Crippen LogP contribution in [0, 0.1) is 5.82 Å². The lowest BCUT2D eigenvalue weighted by atomic mass is 10.0. The number of rotatable bonds is 6. The maximum Gasteiger partial charge on any atom is 0.414 e. The number of anilines is 2. The summed E-state index contributed by atoms with van der Waals surface area (Å²) < 4.78 is 78.5. The number of fused-ring (bicyclic) bond motifs is 2. The van der Waals surface area contributed by atoms with E-state index in [-0.39, 0.29) is 54.3 Å². The first-order valence-corrected chi connectivity index (χ1v) is 21.2. The molecule has 0 unspecified atom stereocenters. The molecule has 4 heterocycles. The lowest BCUT2D eigenvalue weighted by molar-refractivity contribution is 0.135. The van der Waals surface area contributed by atoms with Gasteiger partial charge in [0.05, 0.1) is 21.2 Å². The van der Waals surface area contributed by atoms with E-state index in [1.165, 1.54) is 20.7 Å². The second kappa shape index (κ2) is 15.8. The molecule has 0 radical (unpaired) electrons. The Labute approximate surface area is 322 Å². The van der Waals surface area contributed by atoms with E-state index in [1.807, 2.05) is 48.5 Å². The van der Waals surface area contributed by atoms with Crippen molar-refractivity contribution in [2.24, 2.45) is 0 Å². The smallest absolute Gasteiger partial charge is 0.414 e. The number of carbonyl (C=O) groups is 2. The third-order valence-electron chi connectivity index (χ3n) is 10.1. The van der Waals surface area contributed by atoms with Gasteiger partial charge in [-0.3, -0.25) is 9.80 Å². The summed E-state index contributed by atoms with van der Waals surface area (Å²) in [6, 6.07) is 26.5. The molecule has 0 N–H and O–H groups in total. The summed E-state index contributed by atoms with van der Waals surface area (Å²) in [6.45, 7) is 1.85. The number of cyclic esters (lactones) is 2. The third kappa shape index (κ3) is 7.75. The van der Waals surface area contributed by atoms with Crippen molar-refractivity contribution in [3.8, 4) is 0 Å². The summed E-state index contributed by atoms with van der Waals surface area (Å²) in [6.07, 6.45) is 1.39. The van der Waals surface area contributed by atoms with Gasteiger partial charge in [0.15, 0.2) is 0 Å². The fourth-order valence-corrected chi connectivity index (χ4v) is 10.4. The van der Waals surface area contributed by atoms with Crippen LogP contribution < -0.4 is 9.80 Å². The molecule has 4 aliphatic heterocycles. The molecule has 0 bridgehead atoms. The number of para-hydroxylation sites is 2. The average Bonchev–Trinajstić information content (AvgIpc) is 3.18. The molecule has 54 heavy (non-hydrogen) atoms. The van der Waals surface area contributed by atoms with E-state index in [4.69, 9.17) is 9.47 Å². The molecule has 2 amide bonds. The Morgan fingerprint density at radius 2 is 0.926 bits per heavy atom. The van der Waals surface area contributed by atoms with Crippen molar-refractivity contribution in [3.63, 3.8) is 0 Å². The van der Waals surface area contributed by atoms with Crippen LogP contribution in [-0.4, -0.2) is 75.9 Å². The lowest BCUT2D eigenvalue weighted by Crippen LogP contribution is -2.50. The van der Waals surface area contributed by atoms with Crippen molar-refractivity contribution in [2.75, 3.05) is 36.0 Å². The predicted octanol–water partition coefficient (Wildman–Crippen LogP) is 6.89. The molecule has 2 saturated heterocycles. The summed E-state index contributed by atoms with van der Waals surface area (Å²) in [4.78, 5) is 28.4. The number of carbonyl (C=O) groups excluding carboxylic acids is 2. The fraction of sp³-hybridized carbons (Fsp3) is 0.316. The standard InChI is InChI=1S/C19H19BrN2O4S.C19H19FN2O4S/c2*20-15-5-7-17(8-6-15)27(24,25)21-11-9-16(10-12-21)22-18-4-2-1-3-14(18)13-26-19(22)23/h2*1-8,16H,9-13H2. The highest BCUT2D eigenvalue weighted by atomic mass is 79.9. The monoisotopic (exact) mass is 840 g/mol. The van der Waals surface area contributed by atoms with Gasteiger partial charge < -0.3 is 9.47 Å². The molecule has 0 spiro atoms. The molecule has 0 aliphatic carbocycles. The van der Waals surface area contributed by atoms with Crippen molar-refractivity contribution < 1.29 is 40.3 Å². The normalized spacial score (nSPS) is 18.9. The van der Waals surface area contributed by atoms with Crippen LogP contribution in [0.3, 0.4) is 0 Å². The van der Waals surface area contributed by atoms with Crippen molar-refractivity contribution in [3.05, 3.63) is 118 Å². The second-order valence-electron chi connectivity index (χ2n) is 13.3. The van der Waals surface area contributed by atoms with Crippen LogP contribution in [0.25, 0.3) is 0 Å². The number of benzene rings is 4. The molecule has 0 aromatic heterocycles. The van der Waals surface area contributed by atoms with Gasteiger partial charge in [0.2, 0.25) is 20.0 Å². The third-order valence-corrected chi connectivity index (χ3v) is 14.4. The van der Waals surface area contributed by atoms with Gasteiger partial charge >= 0.3 is 12.2 Å².